The lowest BCUT2D eigenvalue weighted by molar-refractivity contribution is 0.528. The van der Waals surface area contributed by atoms with Gasteiger partial charge in [0.25, 0.3) is 0 Å². The zero-order valence-electron chi connectivity index (χ0n) is 10.7. The highest BCUT2D eigenvalue weighted by Gasteiger charge is 2.12. The molecule has 21 heavy (non-hydrogen) atoms. The van der Waals surface area contributed by atoms with Crippen molar-refractivity contribution in [3.05, 3.63) is 58.0 Å². The molecule has 0 saturated heterocycles. The highest BCUT2D eigenvalue weighted by atomic mass is 79.9. The van der Waals surface area contributed by atoms with Gasteiger partial charge in [0.05, 0.1) is 16.3 Å². The predicted octanol–water partition coefficient (Wildman–Crippen LogP) is 4.84. The summed E-state index contributed by atoms with van der Waals surface area (Å²) in [5.74, 6) is 1.55. The van der Waals surface area contributed by atoms with Gasteiger partial charge in [0.15, 0.2) is 0 Å². The number of halogens is 2. The largest absolute Gasteiger partial charge is 0.420 e. The summed E-state index contributed by atoms with van der Waals surface area (Å²) in [6.45, 7) is 0. The predicted molar refractivity (Wildman–Crippen MR) is 86.2 cm³/mol. The molecule has 0 amide bonds. The molecule has 0 bridgehead atoms. The van der Waals surface area contributed by atoms with Gasteiger partial charge < -0.3 is 4.42 Å². The smallest absolute Gasteiger partial charge is 0.248 e. The van der Waals surface area contributed by atoms with E-state index in [2.05, 4.69) is 31.1 Å². The quantitative estimate of drug-likeness (QED) is 0.604. The second kappa shape index (κ2) is 6.60. The SMILES string of the molecule is Clc1cccnc1SCc1nnc(-c2ccccc2Br)o1. The van der Waals surface area contributed by atoms with Crippen LogP contribution in [0.1, 0.15) is 5.89 Å². The average molecular weight is 383 g/mol. The van der Waals surface area contributed by atoms with Crippen LogP contribution in [0.4, 0.5) is 0 Å². The summed E-state index contributed by atoms with van der Waals surface area (Å²) < 4.78 is 6.59. The third-order valence-electron chi connectivity index (χ3n) is 2.63. The molecule has 0 unspecified atom stereocenters. The van der Waals surface area contributed by atoms with Gasteiger partial charge >= 0.3 is 0 Å². The van der Waals surface area contributed by atoms with E-state index in [0.717, 1.165) is 15.1 Å². The molecule has 3 aromatic rings. The standard InChI is InChI=1S/C14H9BrClN3OS/c15-10-5-2-1-4-9(10)13-19-18-12(20-13)8-21-14-11(16)6-3-7-17-14/h1-7H,8H2. The summed E-state index contributed by atoms with van der Waals surface area (Å²) in [4.78, 5) is 4.21. The van der Waals surface area contributed by atoms with Crippen molar-refractivity contribution >= 4 is 39.3 Å². The molecule has 0 spiro atoms. The Morgan fingerprint density at radius 1 is 1.14 bits per heavy atom. The number of nitrogens with zero attached hydrogens (tertiary/aromatic N) is 3. The number of benzene rings is 1. The number of hydrogen-bond acceptors (Lipinski definition) is 5. The van der Waals surface area contributed by atoms with E-state index in [1.807, 2.05) is 24.3 Å². The van der Waals surface area contributed by atoms with Gasteiger partial charge in [0.1, 0.15) is 5.03 Å². The summed E-state index contributed by atoms with van der Waals surface area (Å²) in [6.07, 6.45) is 1.70. The van der Waals surface area contributed by atoms with Gasteiger partial charge in [0.2, 0.25) is 11.8 Å². The minimum Gasteiger partial charge on any atom is -0.420 e. The molecule has 106 valence electrons. The zero-order valence-corrected chi connectivity index (χ0v) is 13.8. The van der Waals surface area contributed by atoms with Gasteiger partial charge in [-0.25, -0.2) is 4.98 Å². The van der Waals surface area contributed by atoms with Gasteiger partial charge in [0, 0.05) is 10.7 Å². The van der Waals surface area contributed by atoms with E-state index in [0.29, 0.717) is 22.6 Å². The summed E-state index contributed by atoms with van der Waals surface area (Å²) >= 11 is 11.0. The minimum atomic E-state index is 0.491. The Balaban J connectivity index is 1.74. The second-order valence-electron chi connectivity index (χ2n) is 4.06. The Hall–Kier alpha value is -1.37. The first kappa shape index (κ1) is 14.6. The molecule has 3 rings (SSSR count). The van der Waals surface area contributed by atoms with Crippen molar-refractivity contribution in [2.24, 2.45) is 0 Å². The lowest BCUT2D eigenvalue weighted by Crippen LogP contribution is -1.84. The van der Waals surface area contributed by atoms with Crippen molar-refractivity contribution in [1.29, 1.82) is 0 Å². The van der Waals surface area contributed by atoms with Crippen molar-refractivity contribution in [2.45, 2.75) is 10.8 Å². The molecule has 0 N–H and O–H groups in total. The van der Waals surface area contributed by atoms with Crippen LogP contribution in [-0.4, -0.2) is 15.2 Å². The van der Waals surface area contributed by atoms with Crippen LogP contribution in [0.3, 0.4) is 0 Å². The van der Waals surface area contributed by atoms with Gasteiger partial charge in [-0.2, -0.15) is 0 Å². The molecule has 0 fully saturated rings. The first-order chi connectivity index (χ1) is 10.2. The van der Waals surface area contributed by atoms with Gasteiger partial charge in [-0.3, -0.25) is 0 Å². The fourth-order valence-electron chi connectivity index (χ4n) is 1.66. The fraction of sp³-hybridized carbons (Fsp3) is 0.0714. The van der Waals surface area contributed by atoms with Crippen LogP contribution in [0.25, 0.3) is 11.5 Å². The molecule has 0 saturated carbocycles. The molecule has 4 nitrogen and oxygen atoms in total. The maximum Gasteiger partial charge on any atom is 0.248 e. The van der Waals surface area contributed by atoms with Gasteiger partial charge in [-0.1, -0.05) is 35.5 Å². The van der Waals surface area contributed by atoms with E-state index in [1.165, 1.54) is 11.8 Å². The lowest BCUT2D eigenvalue weighted by atomic mass is 10.2. The number of hydrogen-bond donors (Lipinski definition) is 0. The monoisotopic (exact) mass is 381 g/mol. The van der Waals surface area contributed by atoms with E-state index in [4.69, 9.17) is 16.0 Å². The summed E-state index contributed by atoms with van der Waals surface area (Å²) in [6, 6.07) is 11.3. The maximum atomic E-state index is 6.06. The third-order valence-corrected chi connectivity index (χ3v) is 4.73. The number of rotatable bonds is 4. The highest BCUT2D eigenvalue weighted by Crippen LogP contribution is 2.30. The van der Waals surface area contributed by atoms with Crippen LogP contribution in [0.15, 0.2) is 56.5 Å². The Bertz CT molecular complexity index is 765. The molecule has 7 heteroatoms. The van der Waals surface area contributed by atoms with Gasteiger partial charge in [-0.15, -0.1) is 10.2 Å². The summed E-state index contributed by atoms with van der Waals surface area (Å²) in [7, 11) is 0. The van der Waals surface area contributed by atoms with E-state index in [1.54, 1.807) is 18.3 Å². The van der Waals surface area contributed by atoms with Crippen molar-refractivity contribution in [1.82, 2.24) is 15.2 Å². The first-order valence-electron chi connectivity index (χ1n) is 6.04. The molecule has 0 aliphatic heterocycles. The molecular formula is C14H9BrClN3OS. The third kappa shape index (κ3) is 3.45. The van der Waals surface area contributed by atoms with Crippen LogP contribution in [-0.2, 0) is 5.75 Å². The minimum absolute atomic E-state index is 0.491. The van der Waals surface area contributed by atoms with Crippen LogP contribution in [0.5, 0.6) is 0 Å². The van der Waals surface area contributed by atoms with E-state index < -0.39 is 0 Å². The molecule has 2 heterocycles. The molecule has 0 aliphatic rings. The second-order valence-corrected chi connectivity index (χ2v) is 6.29. The van der Waals surface area contributed by atoms with Crippen LogP contribution in [0.2, 0.25) is 5.02 Å². The topological polar surface area (TPSA) is 51.8 Å². The normalized spacial score (nSPS) is 10.8. The van der Waals surface area contributed by atoms with Crippen molar-refractivity contribution in [3.63, 3.8) is 0 Å². The Morgan fingerprint density at radius 3 is 2.81 bits per heavy atom. The zero-order chi connectivity index (χ0) is 14.7. The molecular weight excluding hydrogens is 374 g/mol. The number of thioether (sulfide) groups is 1. The lowest BCUT2D eigenvalue weighted by Gasteiger charge is -1.99. The summed E-state index contributed by atoms with van der Waals surface area (Å²) in [5.41, 5.74) is 0.872. The van der Waals surface area contributed by atoms with Crippen LogP contribution >= 0.6 is 39.3 Å². The maximum absolute atomic E-state index is 6.06. The highest BCUT2D eigenvalue weighted by molar-refractivity contribution is 9.10. The molecule has 0 aliphatic carbocycles. The fourth-order valence-corrected chi connectivity index (χ4v) is 3.12. The first-order valence-corrected chi connectivity index (χ1v) is 8.20. The van der Waals surface area contributed by atoms with E-state index >= 15 is 0 Å². The number of pyridine rings is 1. The molecule has 0 radical (unpaired) electrons. The van der Waals surface area contributed by atoms with E-state index in [-0.39, 0.29) is 0 Å². The van der Waals surface area contributed by atoms with Crippen molar-refractivity contribution in [3.8, 4) is 11.5 Å². The van der Waals surface area contributed by atoms with Crippen molar-refractivity contribution in [2.75, 3.05) is 0 Å². The van der Waals surface area contributed by atoms with Crippen molar-refractivity contribution < 1.29 is 4.42 Å². The molecule has 0 atom stereocenters. The average Bonchev–Trinajstić information content (AvgIpc) is 2.96. The molecule has 2 aromatic heterocycles. The van der Waals surface area contributed by atoms with Crippen LogP contribution in [0, 0.1) is 0 Å². The Labute approximate surface area is 139 Å². The van der Waals surface area contributed by atoms with Gasteiger partial charge in [-0.05, 0) is 40.2 Å². The Kier molecular flexibility index (Phi) is 4.57. The number of aromatic nitrogens is 3. The van der Waals surface area contributed by atoms with Crippen LogP contribution < -0.4 is 0 Å². The van der Waals surface area contributed by atoms with E-state index in [9.17, 15) is 0 Å². The Morgan fingerprint density at radius 2 is 2.00 bits per heavy atom. The summed E-state index contributed by atoms with van der Waals surface area (Å²) in [5, 5.41) is 9.49. The molecule has 1 aromatic carbocycles.